The van der Waals surface area contributed by atoms with Gasteiger partial charge in [0, 0.05) is 12.2 Å². The van der Waals surface area contributed by atoms with Crippen molar-refractivity contribution in [1.82, 2.24) is 5.32 Å². The normalized spacial score (nSPS) is 9.89. The van der Waals surface area contributed by atoms with E-state index in [2.05, 4.69) is 10.6 Å². The highest BCUT2D eigenvalue weighted by molar-refractivity contribution is 5.94. The third kappa shape index (κ3) is 4.06. The summed E-state index contributed by atoms with van der Waals surface area (Å²) < 4.78 is 0. The molecule has 5 N–H and O–H groups in total. The summed E-state index contributed by atoms with van der Waals surface area (Å²) in [6, 6.07) is 4.37. The van der Waals surface area contributed by atoms with Crippen LogP contribution in [0.2, 0.25) is 0 Å². The lowest BCUT2D eigenvalue weighted by atomic mass is 10.1. The molecule has 0 spiro atoms. The van der Waals surface area contributed by atoms with E-state index in [0.717, 1.165) is 0 Å². The van der Waals surface area contributed by atoms with E-state index < -0.39 is 5.97 Å². The van der Waals surface area contributed by atoms with Crippen LogP contribution in [-0.4, -0.2) is 30.2 Å². The lowest BCUT2D eigenvalue weighted by molar-refractivity contribution is 0.0696. The second-order valence-corrected chi connectivity index (χ2v) is 3.86. The Kier molecular flexibility index (Phi) is 5.13. The maximum Gasteiger partial charge on any atom is 0.336 e. The van der Waals surface area contributed by atoms with Crippen LogP contribution in [-0.2, 0) is 0 Å². The van der Waals surface area contributed by atoms with Gasteiger partial charge in [-0.15, -0.1) is 0 Å². The van der Waals surface area contributed by atoms with Gasteiger partial charge in [0.1, 0.15) is 0 Å². The molecule has 1 aromatic rings. The van der Waals surface area contributed by atoms with Crippen LogP contribution < -0.4 is 16.4 Å². The summed E-state index contributed by atoms with van der Waals surface area (Å²) >= 11 is 0. The highest BCUT2D eigenvalue weighted by Gasteiger charge is 2.09. The highest BCUT2D eigenvalue weighted by atomic mass is 16.4. The van der Waals surface area contributed by atoms with Gasteiger partial charge in [0.05, 0.1) is 5.56 Å². The predicted molar refractivity (Wildman–Crippen MR) is 68.8 cm³/mol. The van der Waals surface area contributed by atoms with Gasteiger partial charge in [0.2, 0.25) is 0 Å². The number of nitrogens with one attached hydrogen (secondary N) is 2. The minimum Gasteiger partial charge on any atom is -0.478 e. The number of carboxylic acid groups (broad SMARTS) is 1. The van der Waals surface area contributed by atoms with Gasteiger partial charge in [-0.25, -0.2) is 9.59 Å². The molecule has 0 saturated carbocycles. The van der Waals surface area contributed by atoms with Crippen LogP contribution in [0.25, 0.3) is 0 Å². The summed E-state index contributed by atoms with van der Waals surface area (Å²) in [5.74, 6) is -1.01. The third-order valence-corrected chi connectivity index (χ3v) is 2.39. The molecule has 0 atom stereocenters. The molecule has 1 aromatic carbocycles. The molecular formula is C12H17N3O3. The molecule has 0 saturated heterocycles. The first-order valence-electron chi connectivity index (χ1n) is 5.63. The average Bonchev–Trinajstić information content (AvgIpc) is 2.31. The van der Waals surface area contributed by atoms with Crippen molar-refractivity contribution in [2.24, 2.45) is 5.73 Å². The Hall–Kier alpha value is -2.08. The Morgan fingerprint density at radius 3 is 2.72 bits per heavy atom. The topological polar surface area (TPSA) is 104 Å². The SMILES string of the molecule is Cc1ccc(NC(=O)NCCCN)cc1C(=O)O. The predicted octanol–water partition coefficient (Wildman–Crippen LogP) is 1.16. The van der Waals surface area contributed by atoms with Gasteiger partial charge in [0.25, 0.3) is 0 Å². The molecule has 0 unspecified atom stereocenters. The number of hydrogen-bond donors (Lipinski definition) is 4. The first kappa shape index (κ1) is 14.0. The maximum absolute atomic E-state index is 11.4. The maximum atomic E-state index is 11.4. The third-order valence-electron chi connectivity index (χ3n) is 2.39. The highest BCUT2D eigenvalue weighted by Crippen LogP contribution is 2.15. The zero-order chi connectivity index (χ0) is 13.5. The number of benzene rings is 1. The van der Waals surface area contributed by atoms with Gasteiger partial charge in [0.15, 0.2) is 0 Å². The monoisotopic (exact) mass is 251 g/mol. The Balaban J connectivity index is 2.65. The van der Waals surface area contributed by atoms with Crippen molar-refractivity contribution >= 4 is 17.7 Å². The average molecular weight is 251 g/mol. The van der Waals surface area contributed by atoms with E-state index in [4.69, 9.17) is 10.8 Å². The molecule has 98 valence electrons. The Bertz CT molecular complexity index is 446. The Morgan fingerprint density at radius 1 is 1.39 bits per heavy atom. The molecule has 0 fully saturated rings. The number of hydrogen-bond acceptors (Lipinski definition) is 3. The van der Waals surface area contributed by atoms with E-state index >= 15 is 0 Å². The lowest BCUT2D eigenvalue weighted by Crippen LogP contribution is -2.30. The van der Waals surface area contributed by atoms with E-state index in [1.165, 1.54) is 6.07 Å². The van der Waals surface area contributed by atoms with E-state index in [1.54, 1.807) is 19.1 Å². The van der Waals surface area contributed by atoms with Crippen molar-refractivity contribution < 1.29 is 14.7 Å². The fraction of sp³-hybridized carbons (Fsp3) is 0.333. The fourth-order valence-corrected chi connectivity index (χ4v) is 1.41. The molecule has 0 aliphatic carbocycles. The first-order valence-corrected chi connectivity index (χ1v) is 5.63. The molecule has 0 aromatic heterocycles. The van der Waals surface area contributed by atoms with Gasteiger partial charge in [-0.2, -0.15) is 0 Å². The fourth-order valence-electron chi connectivity index (χ4n) is 1.41. The number of carbonyl (C=O) groups is 2. The van der Waals surface area contributed by atoms with Crippen molar-refractivity contribution in [3.05, 3.63) is 29.3 Å². The molecule has 0 heterocycles. The van der Waals surface area contributed by atoms with Crippen molar-refractivity contribution in [3.8, 4) is 0 Å². The van der Waals surface area contributed by atoms with Gasteiger partial charge < -0.3 is 21.5 Å². The number of anilines is 1. The number of nitrogens with two attached hydrogens (primary N) is 1. The van der Waals surface area contributed by atoms with Gasteiger partial charge in [-0.1, -0.05) is 6.07 Å². The molecule has 2 amide bonds. The summed E-state index contributed by atoms with van der Waals surface area (Å²) in [6.07, 6.45) is 0.696. The summed E-state index contributed by atoms with van der Waals surface area (Å²) in [5.41, 5.74) is 6.57. The molecule has 0 aliphatic rings. The van der Waals surface area contributed by atoms with Crippen LogP contribution in [0, 0.1) is 6.92 Å². The summed E-state index contributed by atoms with van der Waals surface area (Å²) in [6.45, 7) is 2.70. The molecule has 6 nitrogen and oxygen atoms in total. The Morgan fingerprint density at radius 2 is 2.11 bits per heavy atom. The molecular weight excluding hydrogens is 234 g/mol. The standard InChI is InChI=1S/C12H17N3O3/c1-8-3-4-9(7-10(8)11(16)17)15-12(18)14-6-2-5-13/h3-4,7H,2,5-6,13H2,1H3,(H,16,17)(H2,14,15,18). The van der Waals surface area contributed by atoms with Crippen LogP contribution in [0.15, 0.2) is 18.2 Å². The van der Waals surface area contributed by atoms with Crippen LogP contribution in [0.5, 0.6) is 0 Å². The number of rotatable bonds is 5. The molecule has 18 heavy (non-hydrogen) atoms. The van der Waals surface area contributed by atoms with E-state index in [0.29, 0.717) is 30.8 Å². The number of aromatic carboxylic acids is 1. The number of aryl methyl sites for hydroxylation is 1. The molecule has 0 radical (unpaired) electrons. The smallest absolute Gasteiger partial charge is 0.336 e. The van der Waals surface area contributed by atoms with Crippen LogP contribution in [0.4, 0.5) is 10.5 Å². The van der Waals surface area contributed by atoms with Crippen LogP contribution >= 0.6 is 0 Å². The van der Waals surface area contributed by atoms with E-state index in [1.807, 2.05) is 0 Å². The largest absolute Gasteiger partial charge is 0.478 e. The minimum absolute atomic E-state index is 0.176. The summed E-state index contributed by atoms with van der Waals surface area (Å²) in [5, 5.41) is 14.1. The number of carboxylic acids is 1. The number of urea groups is 1. The Labute approximate surface area is 105 Å². The molecule has 6 heteroatoms. The summed E-state index contributed by atoms with van der Waals surface area (Å²) in [7, 11) is 0. The van der Waals surface area contributed by atoms with Crippen molar-refractivity contribution in [2.45, 2.75) is 13.3 Å². The van der Waals surface area contributed by atoms with Crippen molar-refractivity contribution in [2.75, 3.05) is 18.4 Å². The van der Waals surface area contributed by atoms with Crippen LogP contribution in [0.1, 0.15) is 22.3 Å². The molecule has 0 bridgehead atoms. The van der Waals surface area contributed by atoms with E-state index in [9.17, 15) is 9.59 Å². The molecule has 0 aliphatic heterocycles. The summed E-state index contributed by atoms with van der Waals surface area (Å²) in [4.78, 5) is 22.4. The van der Waals surface area contributed by atoms with Crippen LogP contribution in [0.3, 0.4) is 0 Å². The number of amides is 2. The number of carbonyl (C=O) groups excluding carboxylic acids is 1. The second-order valence-electron chi connectivity index (χ2n) is 3.86. The zero-order valence-corrected chi connectivity index (χ0v) is 10.2. The zero-order valence-electron chi connectivity index (χ0n) is 10.2. The second kappa shape index (κ2) is 6.61. The van der Waals surface area contributed by atoms with E-state index in [-0.39, 0.29) is 11.6 Å². The molecule has 1 rings (SSSR count). The van der Waals surface area contributed by atoms with Gasteiger partial charge in [-0.05, 0) is 37.6 Å². The van der Waals surface area contributed by atoms with Crippen molar-refractivity contribution in [1.29, 1.82) is 0 Å². The van der Waals surface area contributed by atoms with Gasteiger partial charge in [-0.3, -0.25) is 0 Å². The first-order chi connectivity index (χ1) is 8.54. The quantitative estimate of drug-likeness (QED) is 0.589. The lowest BCUT2D eigenvalue weighted by Gasteiger charge is -2.09. The minimum atomic E-state index is -1.01. The van der Waals surface area contributed by atoms with Gasteiger partial charge >= 0.3 is 12.0 Å². The van der Waals surface area contributed by atoms with Crippen molar-refractivity contribution in [3.63, 3.8) is 0 Å².